The lowest BCUT2D eigenvalue weighted by atomic mass is 10.1. The summed E-state index contributed by atoms with van der Waals surface area (Å²) in [6.45, 7) is 2.95. The minimum Gasteiger partial charge on any atom is -0.396 e. The van der Waals surface area contributed by atoms with Crippen molar-refractivity contribution in [2.75, 3.05) is 6.61 Å². The van der Waals surface area contributed by atoms with Crippen LogP contribution >= 0.6 is 0 Å². The molecule has 0 fully saturated rings. The van der Waals surface area contributed by atoms with E-state index < -0.39 is 6.10 Å². The molecule has 2 N–H and O–H groups in total. The molecule has 0 heterocycles. The normalized spacial score (nSPS) is 14.3. The van der Waals surface area contributed by atoms with Gasteiger partial charge in [0.05, 0.1) is 18.8 Å². The average molecular weight is 306 g/mol. The Labute approximate surface area is 134 Å². The Balaban J connectivity index is 2.37. The molecule has 124 valence electrons. The standard InChI is InChI=1S/C19H30O3/c1-2-3-13-19(14-7-11-18(21)12-8-15-20)22-16-17-9-5-4-6-10-17/h4-7,9-11,18-21H,2-3,8,12-16H2,1H3/b11-7+/t18-,19-/m1/s1. The fourth-order valence-corrected chi connectivity index (χ4v) is 2.27. The van der Waals surface area contributed by atoms with Gasteiger partial charge in [-0.1, -0.05) is 62.2 Å². The van der Waals surface area contributed by atoms with Gasteiger partial charge in [0.25, 0.3) is 0 Å². The summed E-state index contributed by atoms with van der Waals surface area (Å²) in [4.78, 5) is 0. The molecular weight excluding hydrogens is 276 g/mol. The van der Waals surface area contributed by atoms with Crippen molar-refractivity contribution in [2.45, 2.75) is 64.3 Å². The van der Waals surface area contributed by atoms with Crippen molar-refractivity contribution >= 4 is 0 Å². The molecule has 0 unspecified atom stereocenters. The van der Waals surface area contributed by atoms with Crippen LogP contribution in [0.2, 0.25) is 0 Å². The van der Waals surface area contributed by atoms with E-state index in [0.29, 0.717) is 19.4 Å². The number of aliphatic hydroxyl groups excluding tert-OH is 2. The van der Waals surface area contributed by atoms with E-state index in [4.69, 9.17) is 9.84 Å². The van der Waals surface area contributed by atoms with Gasteiger partial charge in [-0.15, -0.1) is 0 Å². The molecule has 0 aromatic heterocycles. The third-order valence-corrected chi connectivity index (χ3v) is 3.62. The molecule has 1 aromatic carbocycles. The first-order chi connectivity index (χ1) is 10.8. The van der Waals surface area contributed by atoms with Crippen molar-refractivity contribution in [1.82, 2.24) is 0 Å². The zero-order valence-electron chi connectivity index (χ0n) is 13.7. The summed E-state index contributed by atoms with van der Waals surface area (Å²) in [5.41, 5.74) is 1.19. The van der Waals surface area contributed by atoms with Crippen molar-refractivity contribution in [3.63, 3.8) is 0 Å². The largest absolute Gasteiger partial charge is 0.396 e. The molecule has 0 saturated carbocycles. The van der Waals surface area contributed by atoms with E-state index in [1.54, 1.807) is 0 Å². The van der Waals surface area contributed by atoms with Gasteiger partial charge in [0, 0.05) is 6.61 Å². The number of unbranched alkanes of at least 4 members (excludes halogenated alkanes) is 1. The number of benzene rings is 1. The predicted molar refractivity (Wildman–Crippen MR) is 90.6 cm³/mol. The van der Waals surface area contributed by atoms with Gasteiger partial charge in [-0.3, -0.25) is 0 Å². The summed E-state index contributed by atoms with van der Waals surface area (Å²) in [6.07, 6.45) is 8.98. The van der Waals surface area contributed by atoms with Crippen molar-refractivity contribution in [3.8, 4) is 0 Å². The van der Waals surface area contributed by atoms with E-state index in [2.05, 4.69) is 19.1 Å². The van der Waals surface area contributed by atoms with Gasteiger partial charge >= 0.3 is 0 Å². The van der Waals surface area contributed by atoms with Crippen LogP contribution in [-0.4, -0.2) is 29.0 Å². The van der Waals surface area contributed by atoms with Crippen LogP contribution in [0.1, 0.15) is 51.0 Å². The second-order valence-corrected chi connectivity index (χ2v) is 5.66. The predicted octanol–water partition coefficient (Wildman–Crippen LogP) is 3.84. The Morgan fingerprint density at radius 3 is 2.59 bits per heavy atom. The van der Waals surface area contributed by atoms with Gasteiger partial charge in [-0.25, -0.2) is 0 Å². The maximum Gasteiger partial charge on any atom is 0.0721 e. The molecule has 0 saturated heterocycles. The molecule has 0 aliphatic heterocycles. The van der Waals surface area contributed by atoms with E-state index in [-0.39, 0.29) is 12.7 Å². The summed E-state index contributed by atoms with van der Waals surface area (Å²) in [5, 5.41) is 18.5. The first kappa shape index (κ1) is 18.9. The minimum absolute atomic E-state index is 0.129. The lowest BCUT2D eigenvalue weighted by molar-refractivity contribution is 0.0354. The summed E-state index contributed by atoms with van der Waals surface area (Å²) < 4.78 is 6.02. The van der Waals surface area contributed by atoms with Gasteiger partial charge in [0.2, 0.25) is 0 Å². The maximum absolute atomic E-state index is 9.74. The van der Waals surface area contributed by atoms with Crippen LogP contribution < -0.4 is 0 Å². The number of hydrogen-bond donors (Lipinski definition) is 2. The Morgan fingerprint density at radius 2 is 1.91 bits per heavy atom. The molecule has 3 nitrogen and oxygen atoms in total. The van der Waals surface area contributed by atoms with E-state index in [1.165, 1.54) is 5.56 Å². The second kappa shape index (κ2) is 12.4. The summed E-state index contributed by atoms with van der Waals surface area (Å²) in [5.74, 6) is 0. The third-order valence-electron chi connectivity index (χ3n) is 3.62. The highest BCUT2D eigenvalue weighted by molar-refractivity contribution is 5.13. The summed E-state index contributed by atoms with van der Waals surface area (Å²) >= 11 is 0. The SMILES string of the molecule is CCCC[C@H](C/C=C/[C@@H](O)CCCO)OCc1ccccc1. The fourth-order valence-electron chi connectivity index (χ4n) is 2.27. The zero-order valence-corrected chi connectivity index (χ0v) is 13.7. The summed E-state index contributed by atoms with van der Waals surface area (Å²) in [6, 6.07) is 10.2. The van der Waals surface area contributed by atoms with Crippen LogP contribution in [0.5, 0.6) is 0 Å². The zero-order chi connectivity index (χ0) is 16.0. The molecule has 2 atom stereocenters. The van der Waals surface area contributed by atoms with Gasteiger partial charge in [-0.2, -0.15) is 0 Å². The first-order valence-electron chi connectivity index (χ1n) is 8.37. The van der Waals surface area contributed by atoms with E-state index in [1.807, 2.05) is 30.4 Å². The summed E-state index contributed by atoms with van der Waals surface area (Å²) in [7, 11) is 0. The van der Waals surface area contributed by atoms with Crippen LogP contribution in [-0.2, 0) is 11.3 Å². The molecule has 22 heavy (non-hydrogen) atoms. The smallest absolute Gasteiger partial charge is 0.0721 e. The monoisotopic (exact) mass is 306 g/mol. The molecule has 0 aliphatic carbocycles. The first-order valence-corrected chi connectivity index (χ1v) is 8.37. The van der Waals surface area contributed by atoms with Crippen LogP contribution in [0.25, 0.3) is 0 Å². The molecular formula is C19H30O3. The lowest BCUT2D eigenvalue weighted by Gasteiger charge is -2.16. The molecule has 0 bridgehead atoms. The number of aliphatic hydroxyl groups is 2. The lowest BCUT2D eigenvalue weighted by Crippen LogP contribution is -2.12. The van der Waals surface area contributed by atoms with Crippen LogP contribution in [0.15, 0.2) is 42.5 Å². The van der Waals surface area contributed by atoms with Crippen LogP contribution in [0.3, 0.4) is 0 Å². The Hall–Kier alpha value is -1.16. The molecule has 0 amide bonds. The van der Waals surface area contributed by atoms with E-state index in [9.17, 15) is 5.11 Å². The molecule has 3 heteroatoms. The van der Waals surface area contributed by atoms with Gasteiger partial charge in [0.1, 0.15) is 0 Å². The van der Waals surface area contributed by atoms with Gasteiger partial charge in [0.15, 0.2) is 0 Å². The van der Waals surface area contributed by atoms with Crippen LogP contribution in [0.4, 0.5) is 0 Å². The van der Waals surface area contributed by atoms with Crippen molar-refractivity contribution < 1.29 is 14.9 Å². The third kappa shape index (κ3) is 8.98. The Morgan fingerprint density at radius 1 is 1.14 bits per heavy atom. The average Bonchev–Trinajstić information content (AvgIpc) is 2.55. The van der Waals surface area contributed by atoms with Crippen LogP contribution in [0, 0.1) is 0 Å². The van der Waals surface area contributed by atoms with Crippen molar-refractivity contribution in [2.24, 2.45) is 0 Å². The Kier molecular flexibility index (Phi) is 10.6. The molecule has 1 rings (SSSR count). The second-order valence-electron chi connectivity index (χ2n) is 5.66. The number of hydrogen-bond acceptors (Lipinski definition) is 3. The van der Waals surface area contributed by atoms with Crippen molar-refractivity contribution in [3.05, 3.63) is 48.0 Å². The highest BCUT2D eigenvalue weighted by atomic mass is 16.5. The highest BCUT2D eigenvalue weighted by Crippen LogP contribution is 2.13. The molecule has 0 aliphatic rings. The molecule has 1 aromatic rings. The number of rotatable bonds is 12. The Bertz CT molecular complexity index is 389. The van der Waals surface area contributed by atoms with E-state index >= 15 is 0 Å². The van der Waals surface area contributed by atoms with Crippen molar-refractivity contribution in [1.29, 1.82) is 0 Å². The minimum atomic E-state index is -0.465. The fraction of sp³-hybridized carbons (Fsp3) is 0.579. The quantitative estimate of drug-likeness (QED) is 0.577. The maximum atomic E-state index is 9.74. The number of ether oxygens (including phenoxy) is 1. The molecule has 0 spiro atoms. The van der Waals surface area contributed by atoms with Gasteiger partial charge < -0.3 is 14.9 Å². The topological polar surface area (TPSA) is 49.7 Å². The van der Waals surface area contributed by atoms with Gasteiger partial charge in [-0.05, 0) is 31.2 Å². The molecule has 0 radical (unpaired) electrons. The van der Waals surface area contributed by atoms with E-state index in [0.717, 1.165) is 25.7 Å². The highest BCUT2D eigenvalue weighted by Gasteiger charge is 2.08.